The van der Waals surface area contributed by atoms with Gasteiger partial charge in [-0.1, -0.05) is 27.5 Å². The first-order chi connectivity index (χ1) is 8.88. The summed E-state index contributed by atoms with van der Waals surface area (Å²) in [6, 6.07) is 5.05. The molecule has 0 fully saturated rings. The van der Waals surface area contributed by atoms with Crippen molar-refractivity contribution in [3.63, 3.8) is 0 Å². The van der Waals surface area contributed by atoms with Crippen molar-refractivity contribution >= 4 is 33.5 Å². The lowest BCUT2D eigenvalue weighted by atomic mass is 10.2. The van der Waals surface area contributed by atoms with E-state index in [1.165, 1.54) is 6.92 Å². The SMILES string of the molecule is Cc1nc(-c2cc(Cl)cc(Br)c2)[nH]c(=O)c1C(=O)O. The van der Waals surface area contributed by atoms with Gasteiger partial charge in [-0.05, 0) is 25.1 Å². The third-order valence-corrected chi connectivity index (χ3v) is 3.13. The molecule has 19 heavy (non-hydrogen) atoms. The van der Waals surface area contributed by atoms with E-state index in [4.69, 9.17) is 16.7 Å². The van der Waals surface area contributed by atoms with Gasteiger partial charge in [0.05, 0.1) is 5.69 Å². The van der Waals surface area contributed by atoms with Crippen LogP contribution >= 0.6 is 27.5 Å². The molecule has 0 saturated heterocycles. The molecule has 0 saturated carbocycles. The second-order valence-corrected chi connectivity index (χ2v) is 5.19. The van der Waals surface area contributed by atoms with Crippen LogP contribution < -0.4 is 5.56 Å². The summed E-state index contributed by atoms with van der Waals surface area (Å²) in [4.78, 5) is 29.2. The number of hydrogen-bond donors (Lipinski definition) is 2. The van der Waals surface area contributed by atoms with Crippen LogP contribution in [0.25, 0.3) is 11.4 Å². The van der Waals surface area contributed by atoms with E-state index in [-0.39, 0.29) is 17.1 Å². The van der Waals surface area contributed by atoms with Gasteiger partial charge in [-0.25, -0.2) is 9.78 Å². The lowest BCUT2D eigenvalue weighted by molar-refractivity contribution is 0.0693. The number of H-pyrrole nitrogens is 1. The van der Waals surface area contributed by atoms with Gasteiger partial charge in [0.2, 0.25) is 0 Å². The van der Waals surface area contributed by atoms with Crippen LogP contribution in [0.1, 0.15) is 16.1 Å². The van der Waals surface area contributed by atoms with Crippen molar-refractivity contribution in [1.82, 2.24) is 9.97 Å². The van der Waals surface area contributed by atoms with Crippen molar-refractivity contribution in [3.8, 4) is 11.4 Å². The molecule has 0 bridgehead atoms. The van der Waals surface area contributed by atoms with E-state index in [1.54, 1.807) is 18.2 Å². The van der Waals surface area contributed by atoms with Crippen molar-refractivity contribution in [2.45, 2.75) is 6.92 Å². The first-order valence-corrected chi connectivity index (χ1v) is 6.36. The summed E-state index contributed by atoms with van der Waals surface area (Å²) in [5.74, 6) is -1.03. The van der Waals surface area contributed by atoms with E-state index in [9.17, 15) is 9.59 Å². The first-order valence-electron chi connectivity index (χ1n) is 5.19. The summed E-state index contributed by atoms with van der Waals surface area (Å²) in [5, 5.41) is 9.39. The monoisotopic (exact) mass is 342 g/mol. The molecule has 0 radical (unpaired) electrons. The molecule has 0 spiro atoms. The highest BCUT2D eigenvalue weighted by atomic mass is 79.9. The van der Waals surface area contributed by atoms with Gasteiger partial charge < -0.3 is 10.1 Å². The Bertz CT molecular complexity index is 707. The Morgan fingerprint density at radius 2 is 2.11 bits per heavy atom. The van der Waals surface area contributed by atoms with Gasteiger partial charge in [-0.2, -0.15) is 0 Å². The number of aromatic nitrogens is 2. The van der Waals surface area contributed by atoms with Crippen molar-refractivity contribution < 1.29 is 9.90 Å². The number of carboxylic acid groups (broad SMARTS) is 1. The van der Waals surface area contributed by atoms with Gasteiger partial charge in [-0.15, -0.1) is 0 Å². The summed E-state index contributed by atoms with van der Waals surface area (Å²) >= 11 is 9.20. The van der Waals surface area contributed by atoms with Crippen molar-refractivity contribution in [2.24, 2.45) is 0 Å². The van der Waals surface area contributed by atoms with Crippen molar-refractivity contribution in [2.75, 3.05) is 0 Å². The maximum Gasteiger partial charge on any atom is 0.343 e. The van der Waals surface area contributed by atoms with E-state index in [1.807, 2.05) is 0 Å². The predicted octanol–water partition coefficient (Wildman–Crippen LogP) is 2.86. The lowest BCUT2D eigenvalue weighted by Crippen LogP contribution is -2.21. The predicted molar refractivity (Wildman–Crippen MR) is 74.7 cm³/mol. The van der Waals surface area contributed by atoms with Gasteiger partial charge in [0, 0.05) is 15.1 Å². The minimum atomic E-state index is -1.30. The maximum absolute atomic E-state index is 11.7. The number of nitrogens with zero attached hydrogens (tertiary/aromatic N) is 1. The van der Waals surface area contributed by atoms with Crippen LogP contribution in [0, 0.1) is 6.92 Å². The number of benzene rings is 1. The first kappa shape index (κ1) is 13.8. The number of hydrogen-bond acceptors (Lipinski definition) is 3. The molecule has 0 aliphatic heterocycles. The molecule has 1 heterocycles. The largest absolute Gasteiger partial charge is 0.477 e. The third kappa shape index (κ3) is 2.85. The Labute approximate surface area is 121 Å². The van der Waals surface area contributed by atoms with E-state index < -0.39 is 11.5 Å². The second kappa shape index (κ2) is 5.14. The number of aromatic amines is 1. The van der Waals surface area contributed by atoms with Crippen LogP contribution in [0.2, 0.25) is 5.02 Å². The Balaban J connectivity index is 2.65. The fourth-order valence-corrected chi connectivity index (χ4v) is 2.53. The molecular weight excluding hydrogens is 336 g/mol. The van der Waals surface area contributed by atoms with E-state index in [0.717, 1.165) is 4.47 Å². The van der Waals surface area contributed by atoms with Crippen molar-refractivity contribution in [1.29, 1.82) is 0 Å². The molecule has 0 atom stereocenters. The fraction of sp³-hybridized carbons (Fsp3) is 0.0833. The average Bonchev–Trinajstić information content (AvgIpc) is 2.25. The van der Waals surface area contributed by atoms with E-state index >= 15 is 0 Å². The third-order valence-electron chi connectivity index (χ3n) is 2.45. The highest BCUT2D eigenvalue weighted by molar-refractivity contribution is 9.10. The molecule has 5 nitrogen and oxygen atoms in total. The second-order valence-electron chi connectivity index (χ2n) is 3.84. The molecular formula is C12H8BrClN2O3. The number of aromatic carboxylic acids is 1. The number of carboxylic acids is 1. The van der Waals surface area contributed by atoms with E-state index in [2.05, 4.69) is 25.9 Å². The number of nitrogens with one attached hydrogen (secondary N) is 1. The zero-order chi connectivity index (χ0) is 14.2. The molecule has 7 heteroatoms. The van der Waals surface area contributed by atoms with Crippen molar-refractivity contribution in [3.05, 3.63) is 49.3 Å². The van der Waals surface area contributed by atoms with Gasteiger partial charge in [0.15, 0.2) is 0 Å². The lowest BCUT2D eigenvalue weighted by Gasteiger charge is -2.05. The average molecular weight is 344 g/mol. The summed E-state index contributed by atoms with van der Waals surface area (Å²) in [6.07, 6.45) is 0. The molecule has 1 aromatic carbocycles. The molecule has 0 unspecified atom stereocenters. The molecule has 98 valence electrons. The number of rotatable bonds is 2. The quantitative estimate of drug-likeness (QED) is 0.878. The van der Waals surface area contributed by atoms with Crippen LogP contribution in [-0.4, -0.2) is 21.0 Å². The molecule has 2 N–H and O–H groups in total. The smallest absolute Gasteiger partial charge is 0.343 e. The van der Waals surface area contributed by atoms with Crippen LogP contribution in [0.3, 0.4) is 0 Å². The molecule has 2 aromatic rings. The van der Waals surface area contributed by atoms with Gasteiger partial charge in [0.1, 0.15) is 11.4 Å². The van der Waals surface area contributed by atoms with Crippen LogP contribution in [0.4, 0.5) is 0 Å². The molecule has 0 aliphatic carbocycles. The van der Waals surface area contributed by atoms with Crippen LogP contribution in [0.5, 0.6) is 0 Å². The summed E-state index contributed by atoms with van der Waals surface area (Å²) in [6.45, 7) is 1.47. The Morgan fingerprint density at radius 3 is 2.63 bits per heavy atom. The summed E-state index contributed by atoms with van der Waals surface area (Å²) in [5.41, 5.74) is -0.296. The standard InChI is InChI=1S/C12H8BrClN2O3/c1-5-9(12(18)19)11(17)16-10(15-5)6-2-7(13)4-8(14)3-6/h2-4H,1H3,(H,18,19)(H,15,16,17). The molecule has 0 aliphatic rings. The van der Waals surface area contributed by atoms with Gasteiger partial charge >= 0.3 is 5.97 Å². The molecule has 1 aromatic heterocycles. The minimum absolute atomic E-state index is 0.155. The van der Waals surface area contributed by atoms with Gasteiger partial charge in [0.25, 0.3) is 5.56 Å². The normalized spacial score (nSPS) is 10.5. The Kier molecular flexibility index (Phi) is 3.73. The summed E-state index contributed by atoms with van der Waals surface area (Å²) in [7, 11) is 0. The summed E-state index contributed by atoms with van der Waals surface area (Å²) < 4.78 is 0.734. The zero-order valence-electron chi connectivity index (χ0n) is 9.70. The highest BCUT2D eigenvalue weighted by Gasteiger charge is 2.15. The van der Waals surface area contributed by atoms with Gasteiger partial charge in [-0.3, -0.25) is 4.79 Å². The molecule has 2 rings (SSSR count). The number of halogens is 2. The number of carbonyl (C=O) groups is 1. The Morgan fingerprint density at radius 1 is 1.42 bits per heavy atom. The fourth-order valence-electron chi connectivity index (χ4n) is 1.67. The Hall–Kier alpha value is -1.66. The maximum atomic E-state index is 11.7. The zero-order valence-corrected chi connectivity index (χ0v) is 12.0. The van der Waals surface area contributed by atoms with Crippen LogP contribution in [-0.2, 0) is 0 Å². The highest BCUT2D eigenvalue weighted by Crippen LogP contribution is 2.25. The molecule has 0 amide bonds. The minimum Gasteiger partial charge on any atom is -0.477 e. The van der Waals surface area contributed by atoms with Crippen LogP contribution in [0.15, 0.2) is 27.5 Å². The number of aryl methyl sites for hydroxylation is 1. The van der Waals surface area contributed by atoms with E-state index in [0.29, 0.717) is 10.6 Å². The topological polar surface area (TPSA) is 83.0 Å².